The van der Waals surface area contributed by atoms with Gasteiger partial charge in [0.25, 0.3) is 5.91 Å². The number of anilines is 1. The molecule has 182 valence electrons. The normalized spacial score (nSPS) is 12.9. The van der Waals surface area contributed by atoms with E-state index in [1.165, 1.54) is 17.4 Å². The third-order valence-electron chi connectivity index (χ3n) is 5.59. The summed E-state index contributed by atoms with van der Waals surface area (Å²) in [7, 11) is 0. The molecule has 0 spiro atoms. The van der Waals surface area contributed by atoms with Crippen LogP contribution in [0.5, 0.6) is 5.75 Å². The van der Waals surface area contributed by atoms with Gasteiger partial charge in [0.1, 0.15) is 35.1 Å². The molecule has 1 heterocycles. The van der Waals surface area contributed by atoms with E-state index in [1.54, 1.807) is 30.3 Å². The number of hydrogen-bond donors (Lipinski definition) is 1. The van der Waals surface area contributed by atoms with Gasteiger partial charge in [-0.3, -0.25) is 4.79 Å². The predicted octanol–water partition coefficient (Wildman–Crippen LogP) is 8.46. The molecule has 0 saturated carbocycles. The maximum Gasteiger partial charge on any atom is 0.266 e. The number of halogens is 4. The average molecular weight is 666 g/mol. The quantitative estimate of drug-likeness (QED) is 0.211. The van der Waals surface area contributed by atoms with Gasteiger partial charge in [0.2, 0.25) is 0 Å². The lowest BCUT2D eigenvalue weighted by Gasteiger charge is -2.12. The first-order valence-corrected chi connectivity index (χ1v) is 14.0. The van der Waals surface area contributed by atoms with Crippen molar-refractivity contribution in [1.82, 2.24) is 0 Å². The van der Waals surface area contributed by atoms with E-state index in [9.17, 15) is 15.3 Å². The minimum Gasteiger partial charge on any atom is -0.486 e. The number of carbonyl (C=O) groups excluding carboxylic acids is 1. The van der Waals surface area contributed by atoms with E-state index in [0.29, 0.717) is 40.9 Å². The lowest BCUT2D eigenvalue weighted by molar-refractivity contribution is -0.112. The summed E-state index contributed by atoms with van der Waals surface area (Å²) in [6.45, 7) is 0.222. The fourth-order valence-corrected chi connectivity index (χ4v) is 7.00. The monoisotopic (exact) mass is 663 g/mol. The van der Waals surface area contributed by atoms with Crippen molar-refractivity contribution in [3.63, 3.8) is 0 Å². The van der Waals surface area contributed by atoms with Crippen LogP contribution in [0.2, 0.25) is 10.0 Å². The van der Waals surface area contributed by atoms with Crippen LogP contribution < -0.4 is 10.1 Å². The molecule has 5 nitrogen and oxygen atoms in total. The number of aryl methyl sites for hydroxylation is 1. The Morgan fingerprint density at radius 2 is 1.86 bits per heavy atom. The van der Waals surface area contributed by atoms with Gasteiger partial charge >= 0.3 is 0 Å². The number of fused-ring (bicyclic) bond motifs is 1. The molecular formula is C26H17Br2Cl2N3O2S. The minimum atomic E-state index is -0.558. The molecule has 1 aliphatic rings. The summed E-state index contributed by atoms with van der Waals surface area (Å²) in [5, 5.41) is 23.6. The average Bonchev–Trinajstić information content (AvgIpc) is 3.19. The van der Waals surface area contributed by atoms with Crippen LogP contribution in [-0.2, 0) is 24.2 Å². The van der Waals surface area contributed by atoms with Gasteiger partial charge < -0.3 is 10.1 Å². The molecule has 0 bridgehead atoms. The topological polar surface area (TPSA) is 85.9 Å². The van der Waals surface area contributed by atoms with Crippen molar-refractivity contribution in [2.45, 2.75) is 32.3 Å². The fourth-order valence-electron chi connectivity index (χ4n) is 3.85. The van der Waals surface area contributed by atoms with E-state index in [-0.39, 0.29) is 12.2 Å². The van der Waals surface area contributed by atoms with Crippen molar-refractivity contribution in [2.75, 3.05) is 5.32 Å². The highest BCUT2D eigenvalue weighted by atomic mass is 79.9. The van der Waals surface area contributed by atoms with Crippen LogP contribution in [0.1, 0.15) is 40.0 Å². The first-order valence-electron chi connectivity index (χ1n) is 10.8. The molecule has 1 amide bonds. The van der Waals surface area contributed by atoms with Gasteiger partial charge in [-0.25, -0.2) is 0 Å². The number of nitrogens with zero attached hydrogens (tertiary/aromatic N) is 2. The van der Waals surface area contributed by atoms with Crippen molar-refractivity contribution in [3.05, 3.63) is 82.0 Å². The van der Waals surface area contributed by atoms with Crippen molar-refractivity contribution in [3.8, 4) is 17.9 Å². The summed E-state index contributed by atoms with van der Waals surface area (Å²) in [4.78, 5) is 14.0. The molecule has 3 aromatic rings. The summed E-state index contributed by atoms with van der Waals surface area (Å²) in [5.41, 5.74) is 2.84. The highest BCUT2D eigenvalue weighted by Gasteiger charge is 2.23. The number of nitrogens with one attached hydrogen (secondary N) is 1. The Kier molecular flexibility index (Phi) is 8.77. The predicted molar refractivity (Wildman–Crippen MR) is 151 cm³/mol. The molecule has 36 heavy (non-hydrogen) atoms. The molecule has 0 radical (unpaired) electrons. The number of nitriles is 2. The molecule has 10 heteroatoms. The Hall–Kier alpha value is -2.33. The van der Waals surface area contributed by atoms with Crippen molar-refractivity contribution < 1.29 is 9.53 Å². The molecule has 0 saturated heterocycles. The van der Waals surface area contributed by atoms with E-state index >= 15 is 0 Å². The Labute approximate surface area is 239 Å². The minimum absolute atomic E-state index is 0.0781. The SMILES string of the molecule is N#C/C(=C\c1cc(Br)c(OCc2ccc(Cl)cc2Cl)c(Br)c1)C(=O)Nc1sc2c(c1C#N)CCCC2. The fraction of sp³-hybridized carbons (Fsp3) is 0.192. The molecule has 0 aliphatic heterocycles. The number of ether oxygens (including phenoxy) is 1. The van der Waals surface area contributed by atoms with Gasteiger partial charge in [0.05, 0.1) is 14.5 Å². The van der Waals surface area contributed by atoms with E-state index in [0.717, 1.165) is 41.7 Å². The molecule has 1 aromatic heterocycles. The second-order valence-corrected chi connectivity index (χ2v) is 11.6. The number of rotatable bonds is 6. The Morgan fingerprint density at radius 1 is 1.14 bits per heavy atom. The second kappa shape index (κ2) is 11.8. The molecule has 0 fully saturated rings. The van der Waals surface area contributed by atoms with E-state index in [2.05, 4.69) is 43.2 Å². The van der Waals surface area contributed by atoms with Gasteiger partial charge in [-0.1, -0.05) is 29.3 Å². The molecular weight excluding hydrogens is 649 g/mol. The third kappa shape index (κ3) is 5.96. The summed E-state index contributed by atoms with van der Waals surface area (Å²) < 4.78 is 7.19. The zero-order valence-corrected chi connectivity index (χ0v) is 24.1. The number of thiophene rings is 1. The summed E-state index contributed by atoms with van der Waals surface area (Å²) in [6.07, 6.45) is 5.35. The highest BCUT2D eigenvalue weighted by Crippen LogP contribution is 2.39. The molecule has 0 unspecified atom stereocenters. The van der Waals surface area contributed by atoms with Crippen molar-refractivity contribution >= 4 is 83.4 Å². The van der Waals surface area contributed by atoms with Crippen LogP contribution in [0.15, 0.2) is 44.9 Å². The molecule has 2 aromatic carbocycles. The third-order valence-corrected chi connectivity index (χ3v) is 8.57. The number of amides is 1. The van der Waals surface area contributed by atoms with Gasteiger partial charge in [-0.2, -0.15) is 10.5 Å². The van der Waals surface area contributed by atoms with Gasteiger partial charge in [-0.05, 0) is 99.0 Å². The molecule has 1 aliphatic carbocycles. The van der Waals surface area contributed by atoms with Crippen LogP contribution in [0.4, 0.5) is 5.00 Å². The van der Waals surface area contributed by atoms with Crippen LogP contribution in [-0.4, -0.2) is 5.91 Å². The van der Waals surface area contributed by atoms with E-state index < -0.39 is 5.91 Å². The molecule has 4 rings (SSSR count). The lowest BCUT2D eigenvalue weighted by atomic mass is 9.96. The summed E-state index contributed by atoms with van der Waals surface area (Å²) >= 11 is 20.6. The summed E-state index contributed by atoms with van der Waals surface area (Å²) in [6, 6.07) is 12.9. The lowest BCUT2D eigenvalue weighted by Crippen LogP contribution is -2.13. The van der Waals surface area contributed by atoms with Gasteiger partial charge in [-0.15, -0.1) is 11.3 Å². The van der Waals surface area contributed by atoms with Gasteiger partial charge in [0, 0.05) is 20.5 Å². The van der Waals surface area contributed by atoms with Gasteiger partial charge in [0.15, 0.2) is 0 Å². The highest BCUT2D eigenvalue weighted by molar-refractivity contribution is 9.11. The van der Waals surface area contributed by atoms with E-state index in [1.807, 2.05) is 6.07 Å². The van der Waals surface area contributed by atoms with Crippen LogP contribution in [0, 0.1) is 22.7 Å². The Balaban J connectivity index is 1.53. The van der Waals surface area contributed by atoms with Crippen LogP contribution >= 0.6 is 66.4 Å². The smallest absolute Gasteiger partial charge is 0.266 e. The van der Waals surface area contributed by atoms with Crippen molar-refractivity contribution in [1.29, 1.82) is 10.5 Å². The Morgan fingerprint density at radius 3 is 2.53 bits per heavy atom. The zero-order chi connectivity index (χ0) is 25.8. The number of benzene rings is 2. The van der Waals surface area contributed by atoms with E-state index in [4.69, 9.17) is 27.9 Å². The number of carbonyl (C=O) groups is 1. The standard InChI is InChI=1S/C26H17Br2Cl2N3O2S/c27-20-8-14(9-21(28)24(20)35-13-15-5-6-17(29)10-22(15)30)7-16(11-31)25(34)33-26-19(12-32)18-3-1-2-4-23(18)36-26/h5-10H,1-4,13H2,(H,33,34)/b16-7+. The first-order chi connectivity index (χ1) is 17.3. The van der Waals surface area contributed by atoms with Crippen LogP contribution in [0.25, 0.3) is 6.08 Å². The second-order valence-electron chi connectivity index (χ2n) is 7.99. The maximum atomic E-state index is 12.9. The maximum absolute atomic E-state index is 12.9. The molecule has 0 atom stereocenters. The molecule has 1 N–H and O–H groups in total. The Bertz CT molecular complexity index is 1450. The number of hydrogen-bond acceptors (Lipinski definition) is 5. The van der Waals surface area contributed by atoms with Crippen LogP contribution in [0.3, 0.4) is 0 Å². The van der Waals surface area contributed by atoms with Crippen molar-refractivity contribution in [2.24, 2.45) is 0 Å². The largest absolute Gasteiger partial charge is 0.486 e. The summed E-state index contributed by atoms with van der Waals surface area (Å²) in [5.74, 6) is -0.0125. The first kappa shape index (κ1) is 26.7. The zero-order valence-electron chi connectivity index (χ0n) is 18.6.